The summed E-state index contributed by atoms with van der Waals surface area (Å²) in [5, 5.41) is 6.73. The normalized spacial score (nSPS) is 16.0. The van der Waals surface area contributed by atoms with Gasteiger partial charge in [0.2, 0.25) is 0 Å². The Kier molecular flexibility index (Phi) is 6.37. The number of carbonyl (C=O) groups is 1. The highest BCUT2D eigenvalue weighted by atomic mass is 35.5. The summed E-state index contributed by atoms with van der Waals surface area (Å²) in [6.45, 7) is 7.33. The number of anilines is 1. The Morgan fingerprint density at radius 1 is 1.21 bits per heavy atom. The van der Waals surface area contributed by atoms with Crippen molar-refractivity contribution in [1.82, 2.24) is 4.90 Å². The summed E-state index contributed by atoms with van der Waals surface area (Å²) in [5.41, 5.74) is 3.50. The average Bonchev–Trinajstić information content (AvgIpc) is 3.34. The molecule has 152 valence electrons. The third-order valence-electron chi connectivity index (χ3n) is 5.25. The summed E-state index contributed by atoms with van der Waals surface area (Å²) in [5.74, 6) is -0.0608. The van der Waals surface area contributed by atoms with Gasteiger partial charge in [0.15, 0.2) is 0 Å². The van der Waals surface area contributed by atoms with Crippen molar-refractivity contribution in [1.29, 1.82) is 0 Å². The summed E-state index contributed by atoms with van der Waals surface area (Å²) in [7, 11) is 0. The molecule has 0 aliphatic carbocycles. The van der Waals surface area contributed by atoms with Gasteiger partial charge in [0, 0.05) is 28.6 Å². The van der Waals surface area contributed by atoms with E-state index in [1.807, 2.05) is 35.7 Å². The number of rotatable bonds is 5. The van der Waals surface area contributed by atoms with Crippen LogP contribution in [0.4, 0.5) is 5.00 Å². The first kappa shape index (κ1) is 20.6. The molecule has 1 aliphatic heterocycles. The van der Waals surface area contributed by atoms with Gasteiger partial charge in [0.25, 0.3) is 5.91 Å². The molecule has 3 aromatic rings. The van der Waals surface area contributed by atoms with E-state index in [0.717, 1.165) is 34.2 Å². The van der Waals surface area contributed by atoms with E-state index in [2.05, 4.69) is 30.1 Å². The highest BCUT2D eigenvalue weighted by molar-refractivity contribution is 7.17. The number of aryl methyl sites for hydroxylation is 1. The van der Waals surface area contributed by atoms with Crippen LogP contribution in [-0.2, 0) is 4.74 Å². The number of amides is 1. The molecule has 0 spiro atoms. The Morgan fingerprint density at radius 2 is 2.00 bits per heavy atom. The summed E-state index contributed by atoms with van der Waals surface area (Å²) < 4.78 is 5.59. The lowest BCUT2D eigenvalue weighted by Gasteiger charge is -2.35. The van der Waals surface area contributed by atoms with Crippen LogP contribution in [-0.4, -0.2) is 37.1 Å². The maximum absolute atomic E-state index is 12.8. The van der Waals surface area contributed by atoms with Gasteiger partial charge in [-0.2, -0.15) is 0 Å². The van der Waals surface area contributed by atoms with Crippen molar-refractivity contribution < 1.29 is 9.53 Å². The Bertz CT molecular complexity index is 994. The second-order valence-corrected chi connectivity index (χ2v) is 9.67. The molecule has 1 N–H and O–H groups in total. The fraction of sp³-hybridized carbons (Fsp3) is 0.318. The second-order valence-electron chi connectivity index (χ2n) is 7.06. The SMILES string of the molecule is Cc1sc(NC(=O)c2cccs2)c([C@H](c2cccc(Cl)c2)N2CCOCC2)c1C. The number of hydrogen-bond donors (Lipinski definition) is 1. The van der Waals surface area contributed by atoms with Gasteiger partial charge >= 0.3 is 0 Å². The van der Waals surface area contributed by atoms with Crippen molar-refractivity contribution in [2.75, 3.05) is 31.6 Å². The van der Waals surface area contributed by atoms with Crippen LogP contribution >= 0.6 is 34.3 Å². The van der Waals surface area contributed by atoms with Gasteiger partial charge in [-0.05, 0) is 48.6 Å². The lowest BCUT2D eigenvalue weighted by Crippen LogP contribution is -2.39. The van der Waals surface area contributed by atoms with Gasteiger partial charge in [-0.25, -0.2) is 0 Å². The quantitative estimate of drug-likeness (QED) is 0.542. The first-order chi connectivity index (χ1) is 14.0. The topological polar surface area (TPSA) is 41.6 Å². The maximum Gasteiger partial charge on any atom is 0.266 e. The number of morpholine rings is 1. The van der Waals surface area contributed by atoms with Crippen LogP contribution in [0.15, 0.2) is 41.8 Å². The van der Waals surface area contributed by atoms with Gasteiger partial charge in [0.05, 0.1) is 24.1 Å². The van der Waals surface area contributed by atoms with E-state index in [9.17, 15) is 4.79 Å². The zero-order valence-corrected chi connectivity index (χ0v) is 18.8. The van der Waals surface area contributed by atoms with Crippen LogP contribution in [0.1, 0.15) is 37.3 Å². The highest BCUT2D eigenvalue weighted by Gasteiger charge is 2.30. The van der Waals surface area contributed by atoms with Crippen molar-refractivity contribution in [2.24, 2.45) is 0 Å². The summed E-state index contributed by atoms with van der Waals surface area (Å²) in [4.78, 5) is 17.1. The smallest absolute Gasteiger partial charge is 0.266 e. The van der Waals surface area contributed by atoms with E-state index in [1.165, 1.54) is 21.8 Å². The van der Waals surface area contributed by atoms with Crippen molar-refractivity contribution in [3.8, 4) is 0 Å². The molecule has 1 amide bonds. The molecule has 29 heavy (non-hydrogen) atoms. The molecule has 1 fully saturated rings. The molecule has 1 aliphatic rings. The number of halogens is 1. The Balaban J connectivity index is 1.78. The number of benzene rings is 1. The third kappa shape index (κ3) is 4.42. The zero-order chi connectivity index (χ0) is 20.4. The van der Waals surface area contributed by atoms with Gasteiger partial charge in [-0.15, -0.1) is 22.7 Å². The lowest BCUT2D eigenvalue weighted by atomic mass is 9.94. The van der Waals surface area contributed by atoms with Crippen LogP contribution in [0.2, 0.25) is 5.02 Å². The molecule has 4 nitrogen and oxygen atoms in total. The molecule has 1 atom stereocenters. The van der Waals surface area contributed by atoms with Gasteiger partial charge in [0.1, 0.15) is 5.00 Å². The van der Waals surface area contributed by atoms with Crippen molar-refractivity contribution in [3.05, 3.63) is 73.2 Å². The first-order valence-corrected chi connectivity index (χ1v) is 11.6. The van der Waals surface area contributed by atoms with Gasteiger partial charge in [-0.3, -0.25) is 9.69 Å². The molecule has 1 saturated heterocycles. The fourth-order valence-electron chi connectivity index (χ4n) is 3.71. The first-order valence-electron chi connectivity index (χ1n) is 9.56. The molecule has 4 rings (SSSR count). The predicted molar refractivity (Wildman–Crippen MR) is 122 cm³/mol. The van der Waals surface area contributed by atoms with E-state index in [-0.39, 0.29) is 11.9 Å². The molecular formula is C22H23ClN2O2S2. The summed E-state index contributed by atoms with van der Waals surface area (Å²) in [6, 6.07) is 11.8. The minimum absolute atomic E-state index is 0.0150. The predicted octanol–water partition coefficient (Wildman–Crippen LogP) is 5.75. The molecule has 0 radical (unpaired) electrons. The van der Waals surface area contributed by atoms with Crippen molar-refractivity contribution in [3.63, 3.8) is 0 Å². The number of hydrogen-bond acceptors (Lipinski definition) is 5. The van der Waals surface area contributed by atoms with Crippen molar-refractivity contribution >= 4 is 45.2 Å². The van der Waals surface area contributed by atoms with Crippen LogP contribution in [0, 0.1) is 13.8 Å². The molecule has 7 heteroatoms. The third-order valence-corrected chi connectivity index (χ3v) is 7.49. The highest BCUT2D eigenvalue weighted by Crippen LogP contribution is 2.43. The van der Waals surface area contributed by atoms with Crippen LogP contribution in [0.3, 0.4) is 0 Å². The monoisotopic (exact) mass is 446 g/mol. The molecule has 0 saturated carbocycles. The number of thiophene rings is 2. The summed E-state index contributed by atoms with van der Waals surface area (Å²) in [6.07, 6.45) is 0. The maximum atomic E-state index is 12.8. The second kappa shape index (κ2) is 8.98. The Hall–Kier alpha value is -1.70. The number of nitrogens with one attached hydrogen (secondary N) is 1. The minimum atomic E-state index is -0.0608. The Labute approximate surface area is 184 Å². The van der Waals surface area contributed by atoms with E-state index in [4.69, 9.17) is 16.3 Å². The van der Waals surface area contributed by atoms with Crippen LogP contribution in [0.25, 0.3) is 0 Å². The molecule has 1 aromatic carbocycles. The average molecular weight is 447 g/mol. The lowest BCUT2D eigenvalue weighted by molar-refractivity contribution is 0.0240. The van der Waals surface area contributed by atoms with E-state index in [0.29, 0.717) is 18.1 Å². The van der Waals surface area contributed by atoms with Crippen LogP contribution < -0.4 is 5.32 Å². The summed E-state index contributed by atoms with van der Waals surface area (Å²) >= 11 is 9.43. The van der Waals surface area contributed by atoms with Crippen molar-refractivity contribution in [2.45, 2.75) is 19.9 Å². The van der Waals surface area contributed by atoms with E-state index < -0.39 is 0 Å². The molecule has 3 heterocycles. The molecule has 0 unspecified atom stereocenters. The largest absolute Gasteiger partial charge is 0.379 e. The Morgan fingerprint density at radius 3 is 2.69 bits per heavy atom. The number of ether oxygens (including phenoxy) is 1. The van der Waals surface area contributed by atoms with Gasteiger partial charge < -0.3 is 10.1 Å². The number of nitrogens with zero attached hydrogens (tertiary/aromatic N) is 1. The minimum Gasteiger partial charge on any atom is -0.379 e. The van der Waals surface area contributed by atoms with Gasteiger partial charge in [-0.1, -0.05) is 29.8 Å². The van der Waals surface area contributed by atoms with E-state index >= 15 is 0 Å². The fourth-order valence-corrected chi connectivity index (χ4v) is 5.62. The van der Waals surface area contributed by atoms with E-state index in [1.54, 1.807) is 11.3 Å². The molecular weight excluding hydrogens is 424 g/mol. The zero-order valence-electron chi connectivity index (χ0n) is 16.4. The number of carbonyl (C=O) groups excluding carboxylic acids is 1. The molecule has 2 aromatic heterocycles. The standard InChI is InChI=1S/C22H23ClN2O2S2/c1-14-15(2)29-22(24-21(26)18-7-4-12-28-18)19(14)20(25-8-10-27-11-9-25)16-5-3-6-17(23)13-16/h3-7,12-13,20H,8-11H2,1-2H3,(H,24,26)/t20-/m0/s1. The van der Waals surface area contributed by atoms with Crippen LogP contribution in [0.5, 0.6) is 0 Å². The molecule has 0 bridgehead atoms.